The summed E-state index contributed by atoms with van der Waals surface area (Å²) in [4.78, 5) is 25.4. The number of nitrogens with zero attached hydrogens (tertiary/aromatic N) is 1. The number of benzene rings is 2. The summed E-state index contributed by atoms with van der Waals surface area (Å²) in [5.41, 5.74) is 2.94. The molecule has 0 aliphatic heterocycles. The predicted octanol–water partition coefficient (Wildman–Crippen LogP) is 3.46. The highest BCUT2D eigenvalue weighted by Gasteiger charge is 2.19. The van der Waals surface area contributed by atoms with Gasteiger partial charge in [-0.15, -0.1) is 0 Å². The number of carbonyl (C=O) groups excluding carboxylic acids is 1. The number of aryl methyl sites for hydroxylation is 1. The minimum absolute atomic E-state index is 0.0694. The maximum absolute atomic E-state index is 12.5. The molecule has 2 aromatic rings. The molecule has 2 aromatic carbocycles. The second-order valence-electron chi connectivity index (χ2n) is 5.73. The molecule has 1 N–H and O–H groups in total. The van der Waals surface area contributed by atoms with Crippen LogP contribution in [0.4, 0.5) is 0 Å². The van der Waals surface area contributed by atoms with E-state index in [1.54, 1.807) is 30.1 Å². The van der Waals surface area contributed by atoms with E-state index in [1.807, 2.05) is 38.1 Å². The highest BCUT2D eigenvalue weighted by atomic mass is 16.4. The molecular weight excluding hydrogens is 290 g/mol. The van der Waals surface area contributed by atoms with Crippen LogP contribution in [0.1, 0.15) is 40.0 Å². The summed E-state index contributed by atoms with van der Waals surface area (Å²) in [6.07, 6.45) is 0.0785. The first-order valence-corrected chi connectivity index (χ1v) is 7.53. The van der Waals surface area contributed by atoms with Gasteiger partial charge >= 0.3 is 5.97 Å². The van der Waals surface area contributed by atoms with E-state index in [0.717, 1.165) is 5.56 Å². The third kappa shape index (κ3) is 3.97. The summed E-state index contributed by atoms with van der Waals surface area (Å²) in [5, 5.41) is 9.21. The van der Waals surface area contributed by atoms with Gasteiger partial charge < -0.3 is 10.0 Å². The van der Waals surface area contributed by atoms with Crippen LogP contribution in [0.25, 0.3) is 0 Å². The fourth-order valence-electron chi connectivity index (χ4n) is 2.46. The lowest BCUT2D eigenvalue weighted by molar-refractivity contribution is -0.131. The molecule has 0 saturated heterocycles. The summed E-state index contributed by atoms with van der Waals surface area (Å²) in [5.74, 6) is -1.12. The maximum Gasteiger partial charge on any atom is 0.335 e. The lowest BCUT2D eigenvalue weighted by Gasteiger charge is -2.26. The lowest BCUT2D eigenvalue weighted by atomic mass is 10.0. The Balaban J connectivity index is 2.14. The molecule has 1 atom stereocenters. The highest BCUT2D eigenvalue weighted by Crippen LogP contribution is 2.20. The molecule has 0 aromatic heterocycles. The van der Waals surface area contributed by atoms with Gasteiger partial charge in [-0.25, -0.2) is 4.79 Å². The third-order valence-corrected chi connectivity index (χ3v) is 4.12. The first-order chi connectivity index (χ1) is 10.9. The standard InChI is InChI=1S/C19H21NO3/c1-13-8-10-15(11-9-13)14(2)20(3)18(21)12-16-6-4-5-7-17(16)19(22)23/h4-11,14H,12H2,1-3H3,(H,22,23). The van der Waals surface area contributed by atoms with Crippen molar-refractivity contribution in [3.8, 4) is 0 Å². The topological polar surface area (TPSA) is 57.6 Å². The fourth-order valence-corrected chi connectivity index (χ4v) is 2.46. The van der Waals surface area contributed by atoms with Gasteiger partial charge in [0, 0.05) is 7.05 Å². The largest absolute Gasteiger partial charge is 0.478 e. The van der Waals surface area contributed by atoms with Gasteiger partial charge in [0.05, 0.1) is 18.0 Å². The molecule has 2 rings (SSSR count). The van der Waals surface area contributed by atoms with Crippen molar-refractivity contribution in [1.82, 2.24) is 4.90 Å². The Kier molecular flexibility index (Phi) is 5.16. The minimum atomic E-state index is -1.01. The molecule has 0 spiro atoms. The average Bonchev–Trinajstić information content (AvgIpc) is 2.54. The normalized spacial score (nSPS) is 11.8. The number of hydrogen-bond acceptors (Lipinski definition) is 2. The zero-order valence-electron chi connectivity index (χ0n) is 13.6. The van der Waals surface area contributed by atoms with Crippen LogP contribution in [0.5, 0.6) is 0 Å². The Morgan fingerprint density at radius 1 is 1.09 bits per heavy atom. The quantitative estimate of drug-likeness (QED) is 0.920. The second-order valence-corrected chi connectivity index (χ2v) is 5.73. The molecule has 0 aliphatic carbocycles. The van der Waals surface area contributed by atoms with Crippen molar-refractivity contribution in [3.63, 3.8) is 0 Å². The Labute approximate surface area is 136 Å². The number of carboxylic acids is 1. The summed E-state index contributed by atoms with van der Waals surface area (Å²) in [6, 6.07) is 14.6. The van der Waals surface area contributed by atoms with Gasteiger partial charge in [0.1, 0.15) is 0 Å². The van der Waals surface area contributed by atoms with E-state index in [-0.39, 0.29) is 23.9 Å². The molecule has 1 amide bonds. The van der Waals surface area contributed by atoms with E-state index in [9.17, 15) is 14.7 Å². The summed E-state index contributed by atoms with van der Waals surface area (Å²) < 4.78 is 0. The Morgan fingerprint density at radius 3 is 2.30 bits per heavy atom. The number of likely N-dealkylation sites (N-methyl/N-ethyl adjacent to an activating group) is 1. The zero-order valence-corrected chi connectivity index (χ0v) is 13.6. The van der Waals surface area contributed by atoms with Crippen LogP contribution in [0.2, 0.25) is 0 Å². The van der Waals surface area contributed by atoms with Crippen LogP contribution >= 0.6 is 0 Å². The maximum atomic E-state index is 12.5. The smallest absolute Gasteiger partial charge is 0.335 e. The Hall–Kier alpha value is -2.62. The molecule has 0 bridgehead atoms. The van der Waals surface area contributed by atoms with E-state index in [1.165, 1.54) is 11.6 Å². The number of carboxylic acid groups (broad SMARTS) is 1. The van der Waals surface area contributed by atoms with Gasteiger partial charge in [-0.2, -0.15) is 0 Å². The molecular formula is C19H21NO3. The van der Waals surface area contributed by atoms with Gasteiger partial charge in [-0.1, -0.05) is 48.0 Å². The van der Waals surface area contributed by atoms with Crippen LogP contribution in [-0.4, -0.2) is 28.9 Å². The molecule has 120 valence electrons. The highest BCUT2D eigenvalue weighted by molar-refractivity contribution is 5.91. The van der Waals surface area contributed by atoms with Crippen molar-refractivity contribution in [2.75, 3.05) is 7.05 Å². The van der Waals surface area contributed by atoms with Crippen molar-refractivity contribution < 1.29 is 14.7 Å². The van der Waals surface area contributed by atoms with Crippen LogP contribution in [0, 0.1) is 6.92 Å². The van der Waals surface area contributed by atoms with E-state index in [0.29, 0.717) is 5.56 Å². The minimum Gasteiger partial charge on any atom is -0.478 e. The molecule has 0 fully saturated rings. The van der Waals surface area contributed by atoms with E-state index >= 15 is 0 Å². The molecule has 4 nitrogen and oxygen atoms in total. The van der Waals surface area contributed by atoms with Gasteiger partial charge in [0.15, 0.2) is 0 Å². The zero-order chi connectivity index (χ0) is 17.0. The summed E-state index contributed by atoms with van der Waals surface area (Å²) >= 11 is 0. The number of hydrogen-bond donors (Lipinski definition) is 1. The molecule has 1 unspecified atom stereocenters. The summed E-state index contributed by atoms with van der Waals surface area (Å²) in [7, 11) is 1.75. The summed E-state index contributed by atoms with van der Waals surface area (Å²) in [6.45, 7) is 3.98. The molecule has 0 aliphatic rings. The van der Waals surface area contributed by atoms with Crippen LogP contribution in [0.15, 0.2) is 48.5 Å². The number of aromatic carboxylic acids is 1. The van der Waals surface area contributed by atoms with E-state index in [4.69, 9.17) is 0 Å². The van der Waals surface area contributed by atoms with Crippen molar-refractivity contribution in [1.29, 1.82) is 0 Å². The predicted molar refractivity (Wildman–Crippen MR) is 89.5 cm³/mol. The Morgan fingerprint density at radius 2 is 1.70 bits per heavy atom. The first kappa shape index (κ1) is 16.7. The fraction of sp³-hybridized carbons (Fsp3) is 0.263. The lowest BCUT2D eigenvalue weighted by Crippen LogP contribution is -2.31. The molecule has 0 radical (unpaired) electrons. The average molecular weight is 311 g/mol. The van der Waals surface area contributed by atoms with Crippen LogP contribution in [0.3, 0.4) is 0 Å². The van der Waals surface area contributed by atoms with Gasteiger partial charge in [-0.05, 0) is 31.0 Å². The first-order valence-electron chi connectivity index (χ1n) is 7.53. The van der Waals surface area contributed by atoms with Crippen LogP contribution < -0.4 is 0 Å². The number of carbonyl (C=O) groups is 2. The van der Waals surface area contributed by atoms with Crippen molar-refractivity contribution >= 4 is 11.9 Å². The van der Waals surface area contributed by atoms with Gasteiger partial charge in [0.2, 0.25) is 5.91 Å². The second kappa shape index (κ2) is 7.09. The monoisotopic (exact) mass is 311 g/mol. The van der Waals surface area contributed by atoms with Gasteiger partial charge in [0.25, 0.3) is 0 Å². The van der Waals surface area contributed by atoms with Gasteiger partial charge in [-0.3, -0.25) is 4.79 Å². The molecule has 23 heavy (non-hydrogen) atoms. The van der Waals surface area contributed by atoms with Crippen LogP contribution in [-0.2, 0) is 11.2 Å². The molecule has 0 saturated carbocycles. The third-order valence-electron chi connectivity index (χ3n) is 4.12. The van der Waals surface area contributed by atoms with Crippen molar-refractivity contribution in [2.24, 2.45) is 0 Å². The SMILES string of the molecule is Cc1ccc(C(C)N(C)C(=O)Cc2ccccc2C(=O)O)cc1. The Bertz CT molecular complexity index is 707. The van der Waals surface area contributed by atoms with E-state index in [2.05, 4.69) is 0 Å². The number of amides is 1. The van der Waals surface area contributed by atoms with Crippen molar-refractivity contribution in [2.45, 2.75) is 26.3 Å². The number of rotatable bonds is 5. The van der Waals surface area contributed by atoms with E-state index < -0.39 is 5.97 Å². The molecule has 4 heteroatoms. The van der Waals surface area contributed by atoms with Crippen molar-refractivity contribution in [3.05, 3.63) is 70.8 Å². The molecule has 0 heterocycles.